The van der Waals surface area contributed by atoms with Crippen LogP contribution in [0.1, 0.15) is 33.6 Å². The number of rotatable bonds is 8. The van der Waals surface area contributed by atoms with Crippen LogP contribution in [0.5, 0.6) is 0 Å². The molecule has 1 aromatic rings. The molecule has 2 N–H and O–H groups in total. The van der Waals surface area contributed by atoms with E-state index in [4.69, 9.17) is 0 Å². The zero-order chi connectivity index (χ0) is 16.0. The largest absolute Gasteiger partial charge is 0.380 e. The quantitative estimate of drug-likeness (QED) is 0.567. The minimum absolute atomic E-state index is 0.0983. The second-order valence-electron chi connectivity index (χ2n) is 4.78. The van der Waals surface area contributed by atoms with Crippen LogP contribution in [-0.4, -0.2) is 25.9 Å². The highest BCUT2D eigenvalue weighted by molar-refractivity contribution is 7.89. The molecule has 21 heavy (non-hydrogen) atoms. The Bertz CT molecular complexity index is 601. The molecule has 1 atom stereocenters. The zero-order valence-corrected chi connectivity index (χ0v) is 13.2. The number of hydrogen-bond donors (Lipinski definition) is 2. The summed E-state index contributed by atoms with van der Waals surface area (Å²) in [5.41, 5.74) is 0.0610. The first-order valence-corrected chi connectivity index (χ1v) is 8.34. The van der Waals surface area contributed by atoms with Crippen molar-refractivity contribution >= 4 is 21.4 Å². The van der Waals surface area contributed by atoms with Gasteiger partial charge < -0.3 is 5.32 Å². The maximum Gasteiger partial charge on any atom is 0.293 e. The minimum atomic E-state index is -3.75. The van der Waals surface area contributed by atoms with Crippen molar-refractivity contribution in [3.8, 4) is 0 Å². The molecule has 0 fully saturated rings. The van der Waals surface area contributed by atoms with Gasteiger partial charge in [-0.05, 0) is 32.4 Å². The van der Waals surface area contributed by atoms with Gasteiger partial charge in [0, 0.05) is 18.7 Å². The van der Waals surface area contributed by atoms with E-state index in [2.05, 4.69) is 10.0 Å². The van der Waals surface area contributed by atoms with E-state index in [0.717, 1.165) is 12.5 Å². The Morgan fingerprint density at radius 3 is 2.52 bits per heavy atom. The third-order valence-electron chi connectivity index (χ3n) is 2.92. The fourth-order valence-electron chi connectivity index (χ4n) is 1.99. The van der Waals surface area contributed by atoms with Gasteiger partial charge in [0.05, 0.1) is 9.82 Å². The summed E-state index contributed by atoms with van der Waals surface area (Å²) in [4.78, 5) is 10.4. The topological polar surface area (TPSA) is 101 Å². The van der Waals surface area contributed by atoms with Crippen LogP contribution in [0, 0.1) is 10.1 Å². The maximum absolute atomic E-state index is 12.2. The average molecular weight is 315 g/mol. The van der Waals surface area contributed by atoms with Gasteiger partial charge in [-0.2, -0.15) is 0 Å². The molecule has 0 saturated carbocycles. The van der Waals surface area contributed by atoms with Crippen LogP contribution in [0.3, 0.4) is 0 Å². The molecular weight excluding hydrogens is 294 g/mol. The normalized spacial score (nSPS) is 12.9. The number of nitro benzene ring substituents is 1. The Hall–Kier alpha value is -1.67. The molecule has 0 aliphatic rings. The molecular formula is C13H21N3O4S. The molecule has 1 aromatic carbocycles. The lowest BCUT2D eigenvalue weighted by Gasteiger charge is -2.13. The van der Waals surface area contributed by atoms with Gasteiger partial charge in [0.2, 0.25) is 10.0 Å². The summed E-state index contributed by atoms with van der Waals surface area (Å²) in [6.07, 6.45) is 1.56. The minimum Gasteiger partial charge on any atom is -0.380 e. The molecule has 0 saturated heterocycles. The predicted molar refractivity (Wildman–Crippen MR) is 82.0 cm³/mol. The lowest BCUT2D eigenvalue weighted by Crippen LogP contribution is -2.32. The number of benzene rings is 1. The molecule has 0 aliphatic carbocycles. The summed E-state index contributed by atoms with van der Waals surface area (Å²) < 4.78 is 26.9. The van der Waals surface area contributed by atoms with Gasteiger partial charge in [0.25, 0.3) is 5.69 Å². The Labute approximate surface area is 124 Å². The van der Waals surface area contributed by atoms with Gasteiger partial charge in [0.15, 0.2) is 0 Å². The molecule has 1 unspecified atom stereocenters. The smallest absolute Gasteiger partial charge is 0.293 e. The van der Waals surface area contributed by atoms with Crippen LogP contribution in [0.15, 0.2) is 23.1 Å². The summed E-state index contributed by atoms with van der Waals surface area (Å²) in [5.74, 6) is 0. The Morgan fingerprint density at radius 2 is 2.00 bits per heavy atom. The third kappa shape index (κ3) is 4.68. The molecule has 0 bridgehead atoms. The first-order valence-electron chi connectivity index (χ1n) is 6.86. The summed E-state index contributed by atoms with van der Waals surface area (Å²) in [6.45, 7) is 6.05. The molecule has 118 valence electrons. The standard InChI is InChI=1S/C13H21N3O4S/c1-4-6-10(3)15-21(19,20)11-7-8-12(14-5-2)13(9-11)16(17)18/h7-10,14-15H,4-6H2,1-3H3. The van der Waals surface area contributed by atoms with Crippen LogP contribution in [0.4, 0.5) is 11.4 Å². The van der Waals surface area contributed by atoms with E-state index in [-0.39, 0.29) is 16.6 Å². The van der Waals surface area contributed by atoms with Crippen molar-refractivity contribution in [2.45, 2.75) is 44.6 Å². The van der Waals surface area contributed by atoms with Gasteiger partial charge in [-0.25, -0.2) is 13.1 Å². The van der Waals surface area contributed by atoms with Crippen LogP contribution in [0.2, 0.25) is 0 Å². The van der Waals surface area contributed by atoms with Gasteiger partial charge in [-0.3, -0.25) is 10.1 Å². The molecule has 8 heteroatoms. The third-order valence-corrected chi connectivity index (χ3v) is 4.51. The highest BCUT2D eigenvalue weighted by Gasteiger charge is 2.22. The van der Waals surface area contributed by atoms with Gasteiger partial charge >= 0.3 is 0 Å². The molecule has 0 heterocycles. The molecule has 0 radical (unpaired) electrons. The van der Waals surface area contributed by atoms with E-state index >= 15 is 0 Å². The molecule has 7 nitrogen and oxygen atoms in total. The van der Waals surface area contributed by atoms with Crippen LogP contribution < -0.4 is 10.0 Å². The first kappa shape index (κ1) is 17.4. The van der Waals surface area contributed by atoms with Crippen LogP contribution in [-0.2, 0) is 10.0 Å². The number of nitrogens with zero attached hydrogens (tertiary/aromatic N) is 1. The lowest BCUT2D eigenvalue weighted by molar-refractivity contribution is -0.384. The van der Waals surface area contributed by atoms with E-state index in [9.17, 15) is 18.5 Å². The highest BCUT2D eigenvalue weighted by atomic mass is 32.2. The van der Waals surface area contributed by atoms with E-state index in [1.54, 1.807) is 6.92 Å². The summed E-state index contributed by atoms with van der Waals surface area (Å²) in [6, 6.07) is 3.65. The van der Waals surface area contributed by atoms with Gasteiger partial charge in [0.1, 0.15) is 5.69 Å². The summed E-state index contributed by atoms with van der Waals surface area (Å²) in [7, 11) is -3.75. The summed E-state index contributed by atoms with van der Waals surface area (Å²) >= 11 is 0. The van der Waals surface area contributed by atoms with Crippen molar-refractivity contribution in [3.05, 3.63) is 28.3 Å². The second kappa shape index (κ2) is 7.37. The average Bonchev–Trinajstić information content (AvgIpc) is 2.38. The first-order chi connectivity index (χ1) is 9.81. The molecule has 0 amide bonds. The molecule has 0 spiro atoms. The lowest BCUT2D eigenvalue weighted by atomic mass is 10.2. The van der Waals surface area contributed by atoms with Gasteiger partial charge in [-0.15, -0.1) is 0 Å². The molecule has 0 aliphatic heterocycles. The predicted octanol–water partition coefficient (Wildman–Crippen LogP) is 2.49. The van der Waals surface area contributed by atoms with Crippen molar-refractivity contribution in [2.24, 2.45) is 0 Å². The van der Waals surface area contributed by atoms with Crippen molar-refractivity contribution in [3.63, 3.8) is 0 Å². The van der Waals surface area contributed by atoms with Crippen molar-refractivity contribution in [1.82, 2.24) is 4.72 Å². The second-order valence-corrected chi connectivity index (χ2v) is 6.49. The van der Waals surface area contributed by atoms with Crippen LogP contribution in [0.25, 0.3) is 0 Å². The SMILES string of the molecule is CCCC(C)NS(=O)(=O)c1ccc(NCC)c([N+](=O)[O-])c1. The highest BCUT2D eigenvalue weighted by Crippen LogP contribution is 2.27. The van der Waals surface area contributed by atoms with E-state index in [0.29, 0.717) is 18.7 Å². The van der Waals surface area contributed by atoms with Gasteiger partial charge in [-0.1, -0.05) is 13.3 Å². The number of nitro groups is 1. The Morgan fingerprint density at radius 1 is 1.33 bits per heavy atom. The monoisotopic (exact) mass is 315 g/mol. The molecule has 0 aromatic heterocycles. The Balaban J connectivity index is 3.13. The van der Waals surface area contributed by atoms with Crippen molar-refractivity contribution in [2.75, 3.05) is 11.9 Å². The zero-order valence-electron chi connectivity index (χ0n) is 12.4. The number of sulfonamides is 1. The maximum atomic E-state index is 12.2. The van der Waals surface area contributed by atoms with Crippen LogP contribution >= 0.6 is 0 Å². The Kier molecular flexibility index (Phi) is 6.10. The molecule has 1 rings (SSSR count). The van der Waals surface area contributed by atoms with Crippen molar-refractivity contribution < 1.29 is 13.3 Å². The number of hydrogen-bond acceptors (Lipinski definition) is 5. The van der Waals surface area contributed by atoms with E-state index < -0.39 is 14.9 Å². The fourth-order valence-corrected chi connectivity index (χ4v) is 3.29. The summed E-state index contributed by atoms with van der Waals surface area (Å²) in [5, 5.41) is 13.9. The van der Waals surface area contributed by atoms with E-state index in [1.807, 2.05) is 13.8 Å². The van der Waals surface area contributed by atoms with Crippen molar-refractivity contribution in [1.29, 1.82) is 0 Å². The van der Waals surface area contributed by atoms with E-state index in [1.165, 1.54) is 12.1 Å². The number of anilines is 1. The number of nitrogens with one attached hydrogen (secondary N) is 2. The fraction of sp³-hybridized carbons (Fsp3) is 0.538.